The smallest absolute Gasteiger partial charge is 0.178 e. The number of hydrogen-bond donors (Lipinski definition) is 0. The first kappa shape index (κ1) is 15.8. The van der Waals surface area contributed by atoms with Crippen molar-refractivity contribution in [3.05, 3.63) is 18.0 Å². The normalized spacial score (nSPS) is 23.2. The maximum atomic E-state index is 4.67. The van der Waals surface area contributed by atoms with Crippen LogP contribution >= 0.6 is 0 Å². The van der Waals surface area contributed by atoms with Gasteiger partial charge in [0, 0.05) is 31.7 Å². The van der Waals surface area contributed by atoms with Gasteiger partial charge in [0.15, 0.2) is 11.5 Å². The first-order valence-electron chi connectivity index (χ1n) is 8.96. The fourth-order valence-electron chi connectivity index (χ4n) is 3.83. The lowest BCUT2D eigenvalue weighted by Gasteiger charge is -2.46. The molecule has 4 rings (SSSR count). The summed E-state index contributed by atoms with van der Waals surface area (Å²) in [7, 11) is 4.54. The van der Waals surface area contributed by atoms with Crippen LogP contribution in [-0.2, 0) is 0 Å². The maximum Gasteiger partial charge on any atom is 0.178 e. The van der Waals surface area contributed by atoms with Crippen molar-refractivity contribution >= 4 is 11.5 Å². The largest absolute Gasteiger partial charge is 0.352 e. The summed E-state index contributed by atoms with van der Waals surface area (Å²) in [6.07, 6.45) is 4.06. The fraction of sp³-hybridized carbons (Fsp3) is 0.706. The number of anilines is 1. The molecule has 0 radical (unpaired) electrons. The second-order valence-corrected chi connectivity index (χ2v) is 7.34. The molecule has 0 saturated carbocycles. The van der Waals surface area contributed by atoms with Gasteiger partial charge < -0.3 is 9.80 Å². The van der Waals surface area contributed by atoms with Gasteiger partial charge in [-0.05, 0) is 52.5 Å². The van der Waals surface area contributed by atoms with Crippen molar-refractivity contribution in [1.82, 2.24) is 29.6 Å². The van der Waals surface area contributed by atoms with Gasteiger partial charge >= 0.3 is 0 Å². The summed E-state index contributed by atoms with van der Waals surface area (Å²) in [6.45, 7) is 6.45. The molecule has 24 heavy (non-hydrogen) atoms. The second-order valence-electron chi connectivity index (χ2n) is 7.34. The summed E-state index contributed by atoms with van der Waals surface area (Å²) < 4.78 is 1.82. The number of fused-ring (bicyclic) bond motifs is 1. The van der Waals surface area contributed by atoms with Crippen LogP contribution in [0.5, 0.6) is 0 Å². The van der Waals surface area contributed by atoms with Crippen LogP contribution in [0.3, 0.4) is 0 Å². The molecule has 2 aromatic heterocycles. The first-order chi connectivity index (χ1) is 11.6. The molecule has 1 atom stereocenters. The van der Waals surface area contributed by atoms with Crippen molar-refractivity contribution < 1.29 is 0 Å². The lowest BCUT2D eigenvalue weighted by molar-refractivity contribution is 0.109. The highest BCUT2D eigenvalue weighted by Crippen LogP contribution is 2.23. The highest BCUT2D eigenvalue weighted by Gasteiger charge is 2.33. The molecule has 7 nitrogen and oxygen atoms in total. The van der Waals surface area contributed by atoms with Crippen LogP contribution in [0.15, 0.2) is 12.1 Å². The van der Waals surface area contributed by atoms with E-state index < -0.39 is 0 Å². The van der Waals surface area contributed by atoms with Crippen LogP contribution in [0, 0.1) is 6.92 Å². The summed E-state index contributed by atoms with van der Waals surface area (Å²) in [6, 6.07) is 5.39. The van der Waals surface area contributed by atoms with E-state index in [9.17, 15) is 0 Å². The maximum absolute atomic E-state index is 4.67. The van der Waals surface area contributed by atoms with Gasteiger partial charge in [-0.25, -0.2) is 0 Å². The molecule has 0 amide bonds. The number of hydrogen-bond acceptors (Lipinski definition) is 6. The average Bonchev–Trinajstić information content (AvgIpc) is 2.89. The molecule has 0 aromatic carbocycles. The van der Waals surface area contributed by atoms with E-state index in [1.807, 2.05) is 17.5 Å². The Labute approximate surface area is 143 Å². The Bertz CT molecular complexity index is 706. The van der Waals surface area contributed by atoms with Crippen LogP contribution < -0.4 is 4.90 Å². The topological polar surface area (TPSA) is 52.8 Å². The highest BCUT2D eigenvalue weighted by molar-refractivity contribution is 5.47. The minimum Gasteiger partial charge on any atom is -0.352 e. The Hall–Kier alpha value is -1.73. The minimum atomic E-state index is 0.625. The molecule has 0 aliphatic carbocycles. The van der Waals surface area contributed by atoms with E-state index in [4.69, 9.17) is 0 Å². The van der Waals surface area contributed by atoms with Crippen molar-refractivity contribution in [1.29, 1.82) is 0 Å². The summed E-state index contributed by atoms with van der Waals surface area (Å²) in [4.78, 5) is 7.40. The standard InChI is InChI=1S/C17H27N7/c1-13-18-19-16-7-8-17(20-24(13)16)23-11-15(12-23)22(3)10-14-6-4-5-9-21(14)2/h7-8,14-15H,4-6,9-12H2,1-3H3. The molecular formula is C17H27N7. The van der Waals surface area contributed by atoms with Gasteiger partial charge in [0.1, 0.15) is 5.82 Å². The number of aromatic nitrogens is 4. The minimum absolute atomic E-state index is 0.625. The zero-order valence-electron chi connectivity index (χ0n) is 14.9. The Morgan fingerprint density at radius 1 is 1.21 bits per heavy atom. The Balaban J connectivity index is 1.35. The second kappa shape index (κ2) is 6.29. The van der Waals surface area contributed by atoms with Crippen molar-refractivity contribution in [2.75, 3.05) is 45.2 Å². The van der Waals surface area contributed by atoms with E-state index in [-0.39, 0.29) is 0 Å². The monoisotopic (exact) mass is 329 g/mol. The van der Waals surface area contributed by atoms with Crippen molar-refractivity contribution in [2.45, 2.75) is 38.3 Å². The number of likely N-dealkylation sites (N-methyl/N-ethyl adjacent to an activating group) is 2. The van der Waals surface area contributed by atoms with Crippen molar-refractivity contribution in [2.24, 2.45) is 0 Å². The van der Waals surface area contributed by atoms with Crippen LogP contribution in [0.4, 0.5) is 5.82 Å². The number of likely N-dealkylation sites (tertiary alicyclic amines) is 1. The van der Waals surface area contributed by atoms with Crippen molar-refractivity contribution in [3.8, 4) is 0 Å². The number of nitrogens with zero attached hydrogens (tertiary/aromatic N) is 7. The quantitative estimate of drug-likeness (QED) is 0.835. The van der Waals surface area contributed by atoms with Gasteiger partial charge in [0.25, 0.3) is 0 Å². The third-order valence-corrected chi connectivity index (χ3v) is 5.63. The average molecular weight is 329 g/mol. The van der Waals surface area contributed by atoms with Gasteiger partial charge in [-0.15, -0.1) is 15.3 Å². The molecule has 4 heterocycles. The predicted octanol–water partition coefficient (Wildman–Crippen LogP) is 1.04. The third kappa shape index (κ3) is 2.86. The van der Waals surface area contributed by atoms with E-state index >= 15 is 0 Å². The van der Waals surface area contributed by atoms with Gasteiger partial charge in [-0.3, -0.25) is 4.90 Å². The molecule has 7 heteroatoms. The van der Waals surface area contributed by atoms with Crippen LogP contribution in [0.2, 0.25) is 0 Å². The number of rotatable bonds is 4. The third-order valence-electron chi connectivity index (χ3n) is 5.63. The molecule has 0 spiro atoms. The molecule has 0 bridgehead atoms. The molecule has 130 valence electrons. The van der Waals surface area contributed by atoms with Crippen LogP contribution in [0.25, 0.3) is 5.65 Å². The molecule has 2 saturated heterocycles. The van der Waals surface area contributed by atoms with E-state index in [0.29, 0.717) is 12.1 Å². The molecule has 2 aliphatic heterocycles. The molecule has 0 N–H and O–H groups in total. The van der Waals surface area contributed by atoms with Gasteiger partial charge in [-0.1, -0.05) is 6.42 Å². The Kier molecular flexibility index (Phi) is 4.14. The lowest BCUT2D eigenvalue weighted by atomic mass is 10.0. The van der Waals surface area contributed by atoms with E-state index in [1.165, 1.54) is 32.4 Å². The van der Waals surface area contributed by atoms with Gasteiger partial charge in [-0.2, -0.15) is 4.52 Å². The van der Waals surface area contributed by atoms with Crippen LogP contribution in [-0.4, -0.2) is 82.0 Å². The number of aryl methyl sites for hydroxylation is 1. The Morgan fingerprint density at radius 2 is 2.04 bits per heavy atom. The highest BCUT2D eigenvalue weighted by atomic mass is 15.4. The SMILES string of the molecule is Cc1nnc2ccc(N3CC(N(C)CC4CCCCN4C)C3)nn12. The summed E-state index contributed by atoms with van der Waals surface area (Å²) >= 11 is 0. The summed E-state index contributed by atoms with van der Waals surface area (Å²) in [5.74, 6) is 1.85. The zero-order chi connectivity index (χ0) is 16.7. The molecular weight excluding hydrogens is 302 g/mol. The van der Waals surface area contributed by atoms with Gasteiger partial charge in [0.05, 0.1) is 0 Å². The van der Waals surface area contributed by atoms with E-state index in [0.717, 1.165) is 30.4 Å². The lowest BCUT2D eigenvalue weighted by Crippen LogP contribution is -2.60. The number of piperidine rings is 1. The summed E-state index contributed by atoms with van der Waals surface area (Å²) in [5, 5.41) is 12.8. The Morgan fingerprint density at radius 3 is 2.83 bits per heavy atom. The van der Waals surface area contributed by atoms with Crippen LogP contribution in [0.1, 0.15) is 25.1 Å². The summed E-state index contributed by atoms with van der Waals surface area (Å²) in [5.41, 5.74) is 0.811. The van der Waals surface area contributed by atoms with Gasteiger partial charge in [0.2, 0.25) is 0 Å². The molecule has 2 aliphatic rings. The molecule has 1 unspecified atom stereocenters. The van der Waals surface area contributed by atoms with E-state index in [1.54, 1.807) is 0 Å². The van der Waals surface area contributed by atoms with E-state index in [2.05, 4.69) is 50.2 Å². The fourth-order valence-corrected chi connectivity index (χ4v) is 3.83. The first-order valence-corrected chi connectivity index (χ1v) is 8.96. The zero-order valence-corrected chi connectivity index (χ0v) is 14.9. The molecule has 2 aromatic rings. The molecule has 2 fully saturated rings. The predicted molar refractivity (Wildman–Crippen MR) is 94.4 cm³/mol. The van der Waals surface area contributed by atoms with Crippen molar-refractivity contribution in [3.63, 3.8) is 0 Å².